The minimum absolute atomic E-state index is 0.0177. The number of rotatable bonds is 10. The van der Waals surface area contributed by atoms with Gasteiger partial charge in [-0.25, -0.2) is 9.18 Å². The number of H-pyrrole nitrogens is 1. The zero-order chi connectivity index (χ0) is 28.7. The van der Waals surface area contributed by atoms with Gasteiger partial charge in [-0.2, -0.15) is 13.2 Å². The van der Waals surface area contributed by atoms with Crippen LogP contribution < -0.4 is 5.32 Å². The molecular weight excluding hydrogens is 524 g/mol. The van der Waals surface area contributed by atoms with Crippen LogP contribution >= 0.6 is 0 Å². The fourth-order valence-electron chi connectivity index (χ4n) is 4.46. The highest BCUT2D eigenvalue weighted by atomic mass is 19.4. The number of para-hydroxylation sites is 1. The molecule has 6 nitrogen and oxygen atoms in total. The summed E-state index contributed by atoms with van der Waals surface area (Å²) >= 11 is 0. The van der Waals surface area contributed by atoms with Gasteiger partial charge in [0.15, 0.2) is 0 Å². The Hall–Kier alpha value is -4.34. The van der Waals surface area contributed by atoms with Gasteiger partial charge in [-0.3, -0.25) is 4.79 Å². The topological polar surface area (TPSA) is 68.4 Å². The van der Waals surface area contributed by atoms with E-state index in [9.17, 15) is 27.2 Å². The summed E-state index contributed by atoms with van der Waals surface area (Å²) in [7, 11) is 0. The number of hydrogen-bond acceptors (Lipinski definition) is 2. The van der Waals surface area contributed by atoms with Crippen molar-refractivity contribution in [1.29, 1.82) is 0 Å². The van der Waals surface area contributed by atoms with Gasteiger partial charge < -0.3 is 20.1 Å². The molecule has 0 saturated heterocycles. The number of nitrogens with one attached hydrogen (secondary N) is 2. The fraction of sp³-hybridized carbons (Fsp3) is 0.267. The number of fused-ring (bicyclic) bond motifs is 1. The molecule has 1 aromatic heterocycles. The van der Waals surface area contributed by atoms with Gasteiger partial charge in [0.1, 0.15) is 12.4 Å². The lowest BCUT2D eigenvalue weighted by molar-refractivity contribution is -0.137. The number of anilines is 1. The number of amides is 3. The van der Waals surface area contributed by atoms with Gasteiger partial charge in [0.25, 0.3) is 0 Å². The number of alkyl halides is 3. The van der Waals surface area contributed by atoms with E-state index in [-0.39, 0.29) is 37.0 Å². The Morgan fingerprint density at radius 1 is 0.925 bits per heavy atom. The second kappa shape index (κ2) is 12.7. The third kappa shape index (κ3) is 7.40. The van der Waals surface area contributed by atoms with Crippen molar-refractivity contribution in [1.82, 2.24) is 14.8 Å². The van der Waals surface area contributed by atoms with Crippen LogP contribution in [0.25, 0.3) is 10.9 Å². The Labute approximate surface area is 229 Å². The van der Waals surface area contributed by atoms with Crippen LogP contribution in [0, 0.1) is 5.82 Å². The molecule has 0 fully saturated rings. The molecule has 0 aliphatic carbocycles. The first kappa shape index (κ1) is 28.7. The number of carbonyl (C=O) groups is 2. The summed E-state index contributed by atoms with van der Waals surface area (Å²) in [6.07, 6.45) is -1.57. The molecule has 40 heavy (non-hydrogen) atoms. The molecule has 3 aromatic carbocycles. The van der Waals surface area contributed by atoms with Crippen molar-refractivity contribution in [3.05, 3.63) is 102 Å². The molecule has 0 unspecified atom stereocenters. The summed E-state index contributed by atoms with van der Waals surface area (Å²) in [5.74, 6) is -0.724. The normalized spacial score (nSPS) is 11.4. The first-order valence-electron chi connectivity index (χ1n) is 12.9. The Morgan fingerprint density at radius 2 is 1.68 bits per heavy atom. The van der Waals surface area contributed by atoms with Crippen LogP contribution in [0.3, 0.4) is 0 Å². The van der Waals surface area contributed by atoms with Crippen LogP contribution in [0.5, 0.6) is 0 Å². The number of carbonyl (C=O) groups excluding carboxylic acids is 2. The Balaban J connectivity index is 1.50. The summed E-state index contributed by atoms with van der Waals surface area (Å²) in [6.45, 7) is 2.34. The van der Waals surface area contributed by atoms with Crippen molar-refractivity contribution in [2.45, 2.75) is 32.5 Å². The quantitative estimate of drug-likeness (QED) is 0.211. The van der Waals surface area contributed by atoms with Crippen LogP contribution in [-0.2, 0) is 23.9 Å². The molecular formula is C30H30F4N4O2. The summed E-state index contributed by atoms with van der Waals surface area (Å²) in [5, 5.41) is 3.53. The molecule has 0 spiro atoms. The highest BCUT2D eigenvalue weighted by Crippen LogP contribution is 2.30. The highest BCUT2D eigenvalue weighted by molar-refractivity contribution is 5.92. The zero-order valence-corrected chi connectivity index (χ0v) is 22.0. The number of benzene rings is 3. The molecule has 3 amide bonds. The van der Waals surface area contributed by atoms with Gasteiger partial charge in [-0.15, -0.1) is 0 Å². The van der Waals surface area contributed by atoms with E-state index in [0.29, 0.717) is 19.4 Å². The van der Waals surface area contributed by atoms with Crippen molar-refractivity contribution in [2.24, 2.45) is 0 Å². The molecule has 0 bridgehead atoms. The zero-order valence-electron chi connectivity index (χ0n) is 22.0. The lowest BCUT2D eigenvalue weighted by Crippen LogP contribution is -2.45. The molecule has 10 heteroatoms. The average Bonchev–Trinajstić information content (AvgIpc) is 3.34. The first-order valence-corrected chi connectivity index (χ1v) is 12.9. The van der Waals surface area contributed by atoms with Gasteiger partial charge in [-0.1, -0.05) is 43.3 Å². The molecule has 210 valence electrons. The standard InChI is InChI=1S/C30H30F4N4O2/c1-2-15-38(29(40)36-25-7-5-6-23(17-25)30(32,33)34)20-28(39)37(19-21-10-12-24(31)13-11-21)16-14-22-18-35-27-9-4-3-8-26(22)27/h3-13,17-18,35H,2,14-16,19-20H2,1H3,(H,36,40). The first-order chi connectivity index (χ1) is 19.1. The van der Waals surface area contributed by atoms with E-state index in [0.717, 1.165) is 34.2 Å². The maximum atomic E-state index is 13.5. The van der Waals surface area contributed by atoms with Crippen molar-refractivity contribution in [2.75, 3.05) is 25.0 Å². The number of urea groups is 1. The van der Waals surface area contributed by atoms with Gasteiger partial charge in [-0.05, 0) is 60.4 Å². The van der Waals surface area contributed by atoms with Crippen molar-refractivity contribution >= 4 is 28.5 Å². The molecule has 0 aliphatic rings. The van der Waals surface area contributed by atoms with Gasteiger partial charge >= 0.3 is 12.2 Å². The van der Waals surface area contributed by atoms with E-state index in [4.69, 9.17) is 0 Å². The fourth-order valence-corrected chi connectivity index (χ4v) is 4.46. The second-order valence-electron chi connectivity index (χ2n) is 9.48. The maximum absolute atomic E-state index is 13.5. The Morgan fingerprint density at radius 3 is 2.40 bits per heavy atom. The van der Waals surface area contributed by atoms with Crippen LogP contribution in [0.1, 0.15) is 30.0 Å². The lowest BCUT2D eigenvalue weighted by Gasteiger charge is -2.28. The van der Waals surface area contributed by atoms with Gasteiger partial charge in [0.05, 0.1) is 5.56 Å². The SMILES string of the molecule is CCCN(CC(=O)N(CCc1c[nH]c2ccccc12)Cc1ccc(F)cc1)C(=O)Nc1cccc(C(F)(F)F)c1. The number of nitrogens with zero attached hydrogens (tertiary/aromatic N) is 2. The predicted molar refractivity (Wildman–Crippen MR) is 146 cm³/mol. The van der Waals surface area contributed by atoms with E-state index in [1.165, 1.54) is 29.2 Å². The van der Waals surface area contributed by atoms with E-state index >= 15 is 0 Å². The van der Waals surface area contributed by atoms with Gasteiger partial charge in [0, 0.05) is 42.4 Å². The largest absolute Gasteiger partial charge is 0.416 e. The summed E-state index contributed by atoms with van der Waals surface area (Å²) in [6, 6.07) is 17.4. The third-order valence-corrected chi connectivity index (χ3v) is 6.51. The summed E-state index contributed by atoms with van der Waals surface area (Å²) < 4.78 is 52.8. The number of aromatic nitrogens is 1. The van der Waals surface area contributed by atoms with Crippen molar-refractivity contribution in [3.63, 3.8) is 0 Å². The summed E-state index contributed by atoms with van der Waals surface area (Å²) in [4.78, 5) is 32.7. The molecule has 0 radical (unpaired) electrons. The molecule has 0 aliphatic heterocycles. The minimum atomic E-state index is -4.55. The van der Waals surface area contributed by atoms with Gasteiger partial charge in [0.2, 0.25) is 5.91 Å². The molecule has 4 aromatic rings. The number of aromatic amines is 1. The van der Waals surface area contributed by atoms with Crippen LogP contribution in [0.4, 0.5) is 28.0 Å². The Bertz CT molecular complexity index is 1450. The average molecular weight is 555 g/mol. The van der Waals surface area contributed by atoms with Crippen molar-refractivity contribution in [3.8, 4) is 0 Å². The molecule has 1 heterocycles. The smallest absolute Gasteiger partial charge is 0.361 e. The van der Waals surface area contributed by atoms with E-state index in [2.05, 4.69) is 10.3 Å². The molecule has 0 atom stereocenters. The second-order valence-corrected chi connectivity index (χ2v) is 9.48. The van der Waals surface area contributed by atoms with E-state index in [1.54, 1.807) is 17.0 Å². The minimum Gasteiger partial charge on any atom is -0.361 e. The molecule has 0 saturated carbocycles. The van der Waals surface area contributed by atoms with Crippen molar-refractivity contribution < 1.29 is 27.2 Å². The van der Waals surface area contributed by atoms with E-state index < -0.39 is 17.8 Å². The predicted octanol–water partition coefficient (Wildman–Crippen LogP) is 6.84. The van der Waals surface area contributed by atoms with E-state index in [1.807, 2.05) is 37.4 Å². The monoisotopic (exact) mass is 554 g/mol. The Kier molecular flexibility index (Phi) is 9.08. The number of halogens is 4. The van der Waals surface area contributed by atoms with Crippen LogP contribution in [0.2, 0.25) is 0 Å². The maximum Gasteiger partial charge on any atom is 0.416 e. The third-order valence-electron chi connectivity index (χ3n) is 6.51. The molecule has 4 rings (SSSR count). The summed E-state index contributed by atoms with van der Waals surface area (Å²) in [5.41, 5.74) is 1.83. The lowest BCUT2D eigenvalue weighted by atomic mass is 10.1. The molecule has 2 N–H and O–H groups in total. The highest BCUT2D eigenvalue weighted by Gasteiger charge is 2.30. The van der Waals surface area contributed by atoms with Crippen LogP contribution in [0.15, 0.2) is 79.0 Å². The number of hydrogen-bond donors (Lipinski definition) is 2. The van der Waals surface area contributed by atoms with Crippen LogP contribution in [-0.4, -0.2) is 46.4 Å².